The van der Waals surface area contributed by atoms with Gasteiger partial charge in [0.1, 0.15) is 0 Å². The third-order valence-electron chi connectivity index (χ3n) is 3.00. The summed E-state index contributed by atoms with van der Waals surface area (Å²) in [6.07, 6.45) is 12.3. The van der Waals surface area contributed by atoms with Crippen LogP contribution < -0.4 is 5.32 Å². The minimum absolute atomic E-state index is 0.267. The molecular formula is C15H31NO2. The number of unbranched alkanes of at least 4 members (excludes halogenated alkanes) is 8. The summed E-state index contributed by atoms with van der Waals surface area (Å²) in [7, 11) is 0. The molecule has 0 saturated carbocycles. The molecule has 1 amide bonds. The SMILES string of the molecule is CCCCCCCCCCCOC(=O)NCCC. The van der Waals surface area contributed by atoms with Gasteiger partial charge in [0.15, 0.2) is 0 Å². The van der Waals surface area contributed by atoms with E-state index in [-0.39, 0.29) is 6.09 Å². The van der Waals surface area contributed by atoms with Crippen LogP contribution in [0, 0.1) is 0 Å². The van der Waals surface area contributed by atoms with Crippen molar-refractivity contribution in [3.63, 3.8) is 0 Å². The predicted octanol–water partition coefficient (Wildman–Crippen LogP) is 4.65. The Morgan fingerprint density at radius 1 is 0.833 bits per heavy atom. The van der Waals surface area contributed by atoms with Gasteiger partial charge in [-0.25, -0.2) is 4.79 Å². The van der Waals surface area contributed by atoms with Crippen LogP contribution in [-0.2, 0) is 4.74 Å². The van der Waals surface area contributed by atoms with Gasteiger partial charge in [-0.2, -0.15) is 0 Å². The van der Waals surface area contributed by atoms with Crippen LogP contribution in [0.25, 0.3) is 0 Å². The van der Waals surface area contributed by atoms with Crippen molar-refractivity contribution in [3.05, 3.63) is 0 Å². The second-order valence-electron chi connectivity index (χ2n) is 4.89. The molecule has 1 N–H and O–H groups in total. The van der Waals surface area contributed by atoms with Crippen molar-refractivity contribution in [1.82, 2.24) is 5.32 Å². The largest absolute Gasteiger partial charge is 0.450 e. The first-order valence-corrected chi connectivity index (χ1v) is 7.71. The van der Waals surface area contributed by atoms with E-state index in [9.17, 15) is 4.79 Å². The molecule has 0 aromatic heterocycles. The van der Waals surface area contributed by atoms with E-state index in [1.807, 2.05) is 6.92 Å². The van der Waals surface area contributed by atoms with Crippen molar-refractivity contribution in [1.29, 1.82) is 0 Å². The Bertz CT molecular complexity index is 183. The minimum Gasteiger partial charge on any atom is -0.450 e. The van der Waals surface area contributed by atoms with Crippen LogP contribution >= 0.6 is 0 Å². The number of rotatable bonds is 12. The zero-order valence-corrected chi connectivity index (χ0v) is 12.3. The van der Waals surface area contributed by atoms with Gasteiger partial charge >= 0.3 is 6.09 Å². The van der Waals surface area contributed by atoms with Crippen molar-refractivity contribution in [2.45, 2.75) is 78.1 Å². The van der Waals surface area contributed by atoms with Crippen LogP contribution in [0.1, 0.15) is 78.1 Å². The molecule has 0 bridgehead atoms. The van der Waals surface area contributed by atoms with Crippen LogP contribution in [0.3, 0.4) is 0 Å². The van der Waals surface area contributed by atoms with Crippen LogP contribution in [0.2, 0.25) is 0 Å². The van der Waals surface area contributed by atoms with E-state index in [4.69, 9.17) is 4.74 Å². The first-order valence-electron chi connectivity index (χ1n) is 7.71. The predicted molar refractivity (Wildman–Crippen MR) is 76.9 cm³/mol. The van der Waals surface area contributed by atoms with E-state index in [0.717, 1.165) is 12.8 Å². The third kappa shape index (κ3) is 13.3. The molecule has 0 aliphatic rings. The maximum atomic E-state index is 11.1. The van der Waals surface area contributed by atoms with Crippen LogP contribution in [0.4, 0.5) is 4.79 Å². The van der Waals surface area contributed by atoms with Gasteiger partial charge in [-0.3, -0.25) is 0 Å². The maximum Gasteiger partial charge on any atom is 0.407 e. The van der Waals surface area contributed by atoms with Gasteiger partial charge in [0.25, 0.3) is 0 Å². The standard InChI is InChI=1S/C15H31NO2/c1-3-5-6-7-8-9-10-11-12-14-18-15(17)16-13-4-2/h3-14H2,1-2H3,(H,16,17). The number of nitrogens with one attached hydrogen (secondary N) is 1. The lowest BCUT2D eigenvalue weighted by molar-refractivity contribution is 0.144. The Morgan fingerprint density at radius 3 is 1.94 bits per heavy atom. The zero-order valence-electron chi connectivity index (χ0n) is 12.3. The minimum atomic E-state index is -0.267. The molecule has 0 aliphatic heterocycles. The molecule has 0 radical (unpaired) electrons. The highest BCUT2D eigenvalue weighted by molar-refractivity contribution is 5.66. The fraction of sp³-hybridized carbons (Fsp3) is 0.933. The van der Waals surface area contributed by atoms with E-state index in [1.165, 1.54) is 51.4 Å². The van der Waals surface area contributed by atoms with Gasteiger partial charge < -0.3 is 10.1 Å². The number of amides is 1. The molecule has 0 fully saturated rings. The number of alkyl carbamates (subject to hydrolysis) is 1. The molecule has 108 valence electrons. The summed E-state index contributed by atoms with van der Waals surface area (Å²) >= 11 is 0. The Kier molecular flexibility index (Phi) is 13.8. The molecule has 0 heterocycles. The monoisotopic (exact) mass is 257 g/mol. The topological polar surface area (TPSA) is 38.3 Å². The second kappa shape index (κ2) is 14.3. The zero-order chi connectivity index (χ0) is 13.5. The van der Waals surface area contributed by atoms with Crippen molar-refractivity contribution in [2.75, 3.05) is 13.2 Å². The lowest BCUT2D eigenvalue weighted by Gasteiger charge is -2.05. The van der Waals surface area contributed by atoms with Crippen LogP contribution in [-0.4, -0.2) is 19.2 Å². The molecule has 0 saturated heterocycles. The molecule has 0 aromatic carbocycles. The summed E-state index contributed by atoms with van der Waals surface area (Å²) in [6.45, 7) is 5.54. The Labute approximate surface area is 113 Å². The summed E-state index contributed by atoms with van der Waals surface area (Å²) in [5.74, 6) is 0. The third-order valence-corrected chi connectivity index (χ3v) is 3.00. The van der Waals surface area contributed by atoms with Crippen molar-refractivity contribution < 1.29 is 9.53 Å². The highest BCUT2D eigenvalue weighted by Gasteiger charge is 1.99. The maximum absolute atomic E-state index is 11.1. The molecule has 0 aliphatic carbocycles. The Morgan fingerprint density at radius 2 is 1.39 bits per heavy atom. The molecule has 0 rings (SSSR count). The number of carbonyl (C=O) groups is 1. The molecule has 0 aromatic rings. The van der Waals surface area contributed by atoms with Gasteiger partial charge in [-0.1, -0.05) is 65.2 Å². The van der Waals surface area contributed by atoms with E-state index >= 15 is 0 Å². The second-order valence-corrected chi connectivity index (χ2v) is 4.89. The molecule has 3 nitrogen and oxygen atoms in total. The van der Waals surface area contributed by atoms with Gasteiger partial charge in [-0.15, -0.1) is 0 Å². The average molecular weight is 257 g/mol. The Balaban J connectivity index is 3.04. The first-order chi connectivity index (χ1) is 8.81. The summed E-state index contributed by atoms with van der Waals surface area (Å²) in [5.41, 5.74) is 0. The molecule has 0 spiro atoms. The Hall–Kier alpha value is -0.730. The normalized spacial score (nSPS) is 10.3. The van der Waals surface area contributed by atoms with E-state index in [1.54, 1.807) is 0 Å². The van der Waals surface area contributed by atoms with Gasteiger partial charge in [0, 0.05) is 6.54 Å². The molecular weight excluding hydrogens is 226 g/mol. The summed E-state index contributed by atoms with van der Waals surface area (Å²) in [4.78, 5) is 11.1. The van der Waals surface area contributed by atoms with Gasteiger partial charge in [0.2, 0.25) is 0 Å². The van der Waals surface area contributed by atoms with E-state index in [2.05, 4.69) is 12.2 Å². The number of hydrogen-bond donors (Lipinski definition) is 1. The number of ether oxygens (including phenoxy) is 1. The lowest BCUT2D eigenvalue weighted by Crippen LogP contribution is -2.25. The average Bonchev–Trinajstić information content (AvgIpc) is 2.38. The van der Waals surface area contributed by atoms with Crippen molar-refractivity contribution >= 4 is 6.09 Å². The molecule has 0 unspecified atom stereocenters. The molecule has 3 heteroatoms. The van der Waals surface area contributed by atoms with Crippen LogP contribution in [0.15, 0.2) is 0 Å². The smallest absolute Gasteiger partial charge is 0.407 e. The fourth-order valence-corrected chi connectivity index (χ4v) is 1.86. The summed E-state index contributed by atoms with van der Waals surface area (Å²) in [5, 5.41) is 2.70. The fourth-order valence-electron chi connectivity index (χ4n) is 1.86. The highest BCUT2D eigenvalue weighted by atomic mass is 16.5. The van der Waals surface area contributed by atoms with Crippen LogP contribution in [0.5, 0.6) is 0 Å². The highest BCUT2D eigenvalue weighted by Crippen LogP contribution is 2.09. The number of hydrogen-bond acceptors (Lipinski definition) is 2. The summed E-state index contributed by atoms with van der Waals surface area (Å²) in [6, 6.07) is 0. The lowest BCUT2D eigenvalue weighted by atomic mass is 10.1. The summed E-state index contributed by atoms with van der Waals surface area (Å²) < 4.78 is 5.05. The van der Waals surface area contributed by atoms with E-state index in [0.29, 0.717) is 13.2 Å². The first kappa shape index (κ1) is 17.3. The quantitative estimate of drug-likeness (QED) is 0.517. The number of carbonyl (C=O) groups excluding carboxylic acids is 1. The van der Waals surface area contributed by atoms with Gasteiger partial charge in [0.05, 0.1) is 6.61 Å². The molecule has 18 heavy (non-hydrogen) atoms. The van der Waals surface area contributed by atoms with Gasteiger partial charge in [-0.05, 0) is 12.8 Å². The molecule has 0 atom stereocenters. The van der Waals surface area contributed by atoms with Crippen molar-refractivity contribution in [3.8, 4) is 0 Å². The van der Waals surface area contributed by atoms with Crippen molar-refractivity contribution in [2.24, 2.45) is 0 Å². The van der Waals surface area contributed by atoms with E-state index < -0.39 is 0 Å².